The maximum absolute atomic E-state index is 12.2. The van der Waals surface area contributed by atoms with E-state index in [2.05, 4.69) is 0 Å². The summed E-state index contributed by atoms with van der Waals surface area (Å²) >= 11 is 11.8. The molecule has 5 nitrogen and oxygen atoms in total. The van der Waals surface area contributed by atoms with Crippen LogP contribution >= 0.6 is 23.2 Å². The summed E-state index contributed by atoms with van der Waals surface area (Å²) in [5, 5.41) is 4.90. The lowest BCUT2D eigenvalue weighted by Crippen LogP contribution is -2.15. The van der Waals surface area contributed by atoms with Crippen molar-refractivity contribution in [2.24, 2.45) is 5.14 Å². The van der Waals surface area contributed by atoms with E-state index in [0.29, 0.717) is 0 Å². The van der Waals surface area contributed by atoms with Crippen molar-refractivity contribution >= 4 is 39.2 Å². The molecule has 2 aromatic carbocycles. The molecule has 0 aliphatic heterocycles. The van der Waals surface area contributed by atoms with Gasteiger partial charge in [-0.05, 0) is 37.1 Å². The van der Waals surface area contributed by atoms with Gasteiger partial charge in [-0.25, -0.2) is 18.4 Å². The molecule has 24 heavy (non-hydrogen) atoms. The Morgan fingerprint density at radius 1 is 1.12 bits per heavy atom. The number of esters is 1. The average molecular weight is 388 g/mol. The predicted octanol–water partition coefficient (Wildman–Crippen LogP) is 3.61. The second kappa shape index (κ2) is 7.11. The zero-order valence-corrected chi connectivity index (χ0v) is 15.3. The van der Waals surface area contributed by atoms with E-state index in [-0.39, 0.29) is 27.1 Å². The fourth-order valence-electron chi connectivity index (χ4n) is 2.08. The van der Waals surface area contributed by atoms with Gasteiger partial charge in [0.2, 0.25) is 10.0 Å². The summed E-state index contributed by atoms with van der Waals surface area (Å²) in [7, 11) is -4.08. The van der Waals surface area contributed by atoms with Crippen molar-refractivity contribution in [3.63, 3.8) is 0 Å². The summed E-state index contributed by atoms with van der Waals surface area (Å²) in [5.74, 6) is -0.762. The number of rotatable bonds is 4. The van der Waals surface area contributed by atoms with Gasteiger partial charge in [-0.3, -0.25) is 0 Å². The van der Waals surface area contributed by atoms with Gasteiger partial charge in [0.1, 0.15) is 11.5 Å². The van der Waals surface area contributed by atoms with Crippen molar-refractivity contribution in [3.8, 4) is 0 Å². The van der Waals surface area contributed by atoms with Crippen LogP contribution in [0.1, 0.15) is 27.0 Å². The van der Waals surface area contributed by atoms with Gasteiger partial charge in [0.25, 0.3) is 0 Å². The van der Waals surface area contributed by atoms with Crippen LogP contribution in [0.25, 0.3) is 0 Å². The zero-order chi connectivity index (χ0) is 18.1. The van der Waals surface area contributed by atoms with E-state index < -0.39 is 16.0 Å². The lowest BCUT2D eigenvalue weighted by molar-refractivity contribution is 0.0472. The largest absolute Gasteiger partial charge is 0.457 e. The van der Waals surface area contributed by atoms with Gasteiger partial charge in [-0.2, -0.15) is 0 Å². The van der Waals surface area contributed by atoms with Crippen LogP contribution in [0.5, 0.6) is 0 Å². The van der Waals surface area contributed by atoms with Crippen molar-refractivity contribution in [1.29, 1.82) is 0 Å². The van der Waals surface area contributed by atoms with Crippen molar-refractivity contribution in [2.75, 3.05) is 0 Å². The molecule has 2 aromatic rings. The minimum Gasteiger partial charge on any atom is -0.457 e. The van der Waals surface area contributed by atoms with Gasteiger partial charge in [-0.1, -0.05) is 47.0 Å². The summed E-state index contributed by atoms with van der Waals surface area (Å²) in [6.07, 6.45) is 0. The number of sulfonamides is 1. The Balaban J connectivity index is 2.28. The smallest absolute Gasteiger partial charge is 0.340 e. The van der Waals surface area contributed by atoms with Crippen molar-refractivity contribution in [2.45, 2.75) is 25.3 Å². The van der Waals surface area contributed by atoms with Crippen LogP contribution in [-0.2, 0) is 21.4 Å². The van der Waals surface area contributed by atoms with Crippen LogP contribution in [0.15, 0.2) is 35.2 Å². The lowest BCUT2D eigenvalue weighted by atomic mass is 10.1. The molecule has 128 valence electrons. The molecule has 2 N–H and O–H groups in total. The molecular formula is C16H15Cl2NO4S. The van der Waals surface area contributed by atoms with Crippen molar-refractivity contribution < 1.29 is 17.9 Å². The van der Waals surface area contributed by atoms with Gasteiger partial charge < -0.3 is 4.74 Å². The van der Waals surface area contributed by atoms with Gasteiger partial charge in [-0.15, -0.1) is 0 Å². The number of hydrogen-bond acceptors (Lipinski definition) is 4. The quantitative estimate of drug-likeness (QED) is 0.811. The maximum atomic E-state index is 12.2. The number of hydrogen-bond donors (Lipinski definition) is 1. The monoisotopic (exact) mass is 387 g/mol. The highest BCUT2D eigenvalue weighted by Crippen LogP contribution is 2.28. The second-order valence-corrected chi connectivity index (χ2v) is 7.66. The molecule has 0 unspecified atom stereocenters. The molecule has 0 saturated heterocycles. The minimum absolute atomic E-state index is 0.0154. The highest BCUT2D eigenvalue weighted by molar-refractivity contribution is 7.89. The van der Waals surface area contributed by atoms with E-state index in [1.54, 1.807) is 0 Å². The molecule has 8 heteroatoms. The Hall–Kier alpha value is -1.60. The van der Waals surface area contributed by atoms with Gasteiger partial charge >= 0.3 is 5.97 Å². The maximum Gasteiger partial charge on any atom is 0.340 e. The molecule has 2 rings (SSSR count). The Bertz CT molecular complexity index is 911. The van der Waals surface area contributed by atoms with Crippen molar-refractivity contribution in [1.82, 2.24) is 0 Å². The van der Waals surface area contributed by atoms with Crippen LogP contribution in [0, 0.1) is 13.8 Å². The molecule has 0 aliphatic carbocycles. The van der Waals surface area contributed by atoms with E-state index >= 15 is 0 Å². The van der Waals surface area contributed by atoms with E-state index in [9.17, 15) is 13.2 Å². The Kier molecular flexibility index (Phi) is 5.55. The number of ether oxygens (including phenoxy) is 1. The summed E-state index contributed by atoms with van der Waals surface area (Å²) in [4.78, 5) is 11.9. The molecule has 0 aliphatic rings. The molecule has 0 heterocycles. The topological polar surface area (TPSA) is 86.5 Å². The van der Waals surface area contributed by atoms with Crippen LogP contribution in [0.4, 0.5) is 0 Å². The second-order valence-electron chi connectivity index (χ2n) is 5.31. The first-order chi connectivity index (χ1) is 11.1. The number of aryl methyl sites for hydroxylation is 2. The van der Waals surface area contributed by atoms with Crippen LogP contribution in [0.2, 0.25) is 10.0 Å². The SMILES string of the molecule is Cc1ccc(C)c(COC(=O)c2cc(S(N)(=O)=O)c(Cl)cc2Cl)c1. The number of nitrogens with two attached hydrogens (primary N) is 1. The molecule has 0 amide bonds. The lowest BCUT2D eigenvalue weighted by Gasteiger charge is -2.11. The number of carbonyl (C=O) groups is 1. The van der Waals surface area contributed by atoms with Crippen LogP contribution in [-0.4, -0.2) is 14.4 Å². The third kappa shape index (κ3) is 4.27. The first-order valence-electron chi connectivity index (χ1n) is 6.84. The number of benzene rings is 2. The standard InChI is InChI=1S/C16H15Cl2NO4S/c1-9-3-4-10(2)11(5-9)8-23-16(20)12-6-15(24(19,21)22)14(18)7-13(12)17/h3-7H,8H2,1-2H3,(H2,19,21,22). The zero-order valence-electron chi connectivity index (χ0n) is 13.0. The van der Waals surface area contributed by atoms with E-state index in [4.69, 9.17) is 33.1 Å². The summed E-state index contributed by atoms with van der Waals surface area (Å²) in [6, 6.07) is 7.95. The Morgan fingerprint density at radius 3 is 2.42 bits per heavy atom. The molecule has 0 aromatic heterocycles. The van der Waals surface area contributed by atoms with Crippen LogP contribution < -0.4 is 5.14 Å². The van der Waals surface area contributed by atoms with Gasteiger partial charge in [0.05, 0.1) is 15.6 Å². The number of carbonyl (C=O) groups excluding carboxylic acids is 1. The number of primary sulfonamides is 1. The van der Waals surface area contributed by atoms with Crippen molar-refractivity contribution in [3.05, 3.63) is 62.6 Å². The summed E-state index contributed by atoms with van der Waals surface area (Å²) < 4.78 is 28.2. The molecule has 0 spiro atoms. The molecule has 0 fully saturated rings. The van der Waals surface area contributed by atoms with E-state index in [0.717, 1.165) is 28.8 Å². The molecule has 0 radical (unpaired) electrons. The van der Waals surface area contributed by atoms with Gasteiger partial charge in [0.15, 0.2) is 0 Å². The molecule has 0 atom stereocenters. The summed E-state index contributed by atoms with van der Waals surface area (Å²) in [6.45, 7) is 3.87. The van der Waals surface area contributed by atoms with E-state index in [1.807, 2.05) is 32.0 Å². The van der Waals surface area contributed by atoms with E-state index in [1.165, 1.54) is 0 Å². The normalized spacial score (nSPS) is 11.4. The average Bonchev–Trinajstić information content (AvgIpc) is 2.46. The first-order valence-corrected chi connectivity index (χ1v) is 9.15. The Morgan fingerprint density at radius 2 is 1.79 bits per heavy atom. The third-order valence-electron chi connectivity index (χ3n) is 3.41. The minimum atomic E-state index is -4.08. The fraction of sp³-hybridized carbons (Fsp3) is 0.188. The Labute approximate surface area is 150 Å². The highest BCUT2D eigenvalue weighted by atomic mass is 35.5. The fourth-order valence-corrected chi connectivity index (χ4v) is 3.48. The first kappa shape index (κ1) is 18.7. The molecule has 0 bridgehead atoms. The molecular weight excluding hydrogens is 373 g/mol. The van der Waals surface area contributed by atoms with Gasteiger partial charge in [0, 0.05) is 0 Å². The summed E-state index contributed by atoms with van der Waals surface area (Å²) in [5.41, 5.74) is 2.74. The number of halogens is 2. The third-order valence-corrected chi connectivity index (χ3v) is 5.10. The highest BCUT2D eigenvalue weighted by Gasteiger charge is 2.21. The predicted molar refractivity (Wildman–Crippen MR) is 92.9 cm³/mol. The molecule has 0 saturated carbocycles. The van der Waals surface area contributed by atoms with Crippen LogP contribution in [0.3, 0.4) is 0 Å².